The quantitative estimate of drug-likeness (QED) is 0.434. The first-order valence-electron chi connectivity index (χ1n) is 9.13. The van der Waals surface area contributed by atoms with E-state index >= 15 is 0 Å². The fraction of sp³-hybridized carbons (Fsp3) is 0.333. The van der Waals surface area contributed by atoms with E-state index in [2.05, 4.69) is 15.5 Å². The van der Waals surface area contributed by atoms with Gasteiger partial charge in [0.2, 0.25) is 5.88 Å². The summed E-state index contributed by atoms with van der Waals surface area (Å²) < 4.78 is 14.9. The first-order valence-corrected chi connectivity index (χ1v) is 9.13. The van der Waals surface area contributed by atoms with Gasteiger partial charge in [0.25, 0.3) is 0 Å². The van der Waals surface area contributed by atoms with E-state index in [0.717, 1.165) is 11.1 Å². The Kier molecular flexibility index (Phi) is 5.87. The van der Waals surface area contributed by atoms with Crippen LogP contribution in [0, 0.1) is 38.4 Å². The number of aromatic nitrogens is 1. The second kappa shape index (κ2) is 7.78. The molecule has 1 radical (unpaired) electrons. The zero-order valence-corrected chi connectivity index (χ0v) is 19.6. The van der Waals surface area contributed by atoms with Gasteiger partial charge in [0.15, 0.2) is 5.69 Å². The van der Waals surface area contributed by atoms with Gasteiger partial charge in [-0.05, 0) is 78.2 Å². The van der Waals surface area contributed by atoms with Crippen LogP contribution in [0.1, 0.15) is 33.4 Å². The Bertz CT molecular complexity index is 1140. The molecule has 3 N–H and O–H groups in total. The molecule has 1 aliphatic heterocycles. The van der Waals surface area contributed by atoms with Crippen molar-refractivity contribution in [2.24, 2.45) is 5.18 Å². The van der Waals surface area contributed by atoms with Crippen molar-refractivity contribution in [1.29, 1.82) is 0 Å². The largest absolute Gasteiger partial charge is 0.658 e. The normalized spacial score (nSPS) is 13.3. The van der Waals surface area contributed by atoms with Gasteiger partial charge in [-0.25, -0.2) is 4.39 Å². The topological polar surface area (TPSA) is 99.8 Å². The summed E-state index contributed by atoms with van der Waals surface area (Å²) in [5.41, 5.74) is 5.36. The Hall–Kier alpha value is -1.83. The second-order valence-electron chi connectivity index (χ2n) is 7.39. The van der Waals surface area contributed by atoms with Crippen LogP contribution in [0.4, 0.5) is 10.1 Å². The summed E-state index contributed by atoms with van der Waals surface area (Å²) >= 11 is 0. The van der Waals surface area contributed by atoms with Gasteiger partial charge in [-0.3, -0.25) is 0 Å². The molecule has 2 heterocycles. The van der Waals surface area contributed by atoms with Crippen LogP contribution in [0.15, 0.2) is 5.18 Å². The van der Waals surface area contributed by atoms with Crippen molar-refractivity contribution in [2.75, 3.05) is 6.54 Å². The van der Waals surface area contributed by atoms with Gasteiger partial charge in [-0.1, -0.05) is 0 Å². The van der Waals surface area contributed by atoms with Crippen LogP contribution >= 0.6 is 0 Å². The van der Waals surface area contributed by atoms with Crippen molar-refractivity contribution in [3.8, 4) is 22.8 Å². The van der Waals surface area contributed by atoms with Crippen molar-refractivity contribution >= 4 is 16.6 Å². The van der Waals surface area contributed by atoms with E-state index in [1.54, 1.807) is 27.7 Å². The third-order valence-corrected chi connectivity index (χ3v) is 5.99. The number of halogens is 1. The smallest absolute Gasteiger partial charge is 0.219 e. The summed E-state index contributed by atoms with van der Waals surface area (Å²) in [7, 11) is 0. The van der Waals surface area contributed by atoms with Crippen molar-refractivity contribution in [2.45, 2.75) is 40.7 Å². The SMILES string of the molecule is Cc1c(C)c(F)c(C)c(-c2c3c(c4[nH]c(O)c(N=O)c4c2C)C[N-]CC3)c1O.[Y]. The van der Waals surface area contributed by atoms with E-state index in [0.29, 0.717) is 63.8 Å². The van der Waals surface area contributed by atoms with Gasteiger partial charge >= 0.3 is 0 Å². The molecule has 0 unspecified atom stereocenters. The number of hydrogen-bond acceptors (Lipinski definition) is 4. The number of aromatic amines is 1. The third kappa shape index (κ3) is 3.02. The molecule has 0 saturated heterocycles. The maximum Gasteiger partial charge on any atom is 0.219 e. The maximum atomic E-state index is 14.9. The summed E-state index contributed by atoms with van der Waals surface area (Å²) in [5, 5.41) is 29.0. The van der Waals surface area contributed by atoms with Crippen molar-refractivity contribution in [3.63, 3.8) is 0 Å². The van der Waals surface area contributed by atoms with Crippen molar-refractivity contribution < 1.29 is 47.3 Å². The van der Waals surface area contributed by atoms with Crippen LogP contribution < -0.4 is 0 Å². The molecule has 149 valence electrons. The summed E-state index contributed by atoms with van der Waals surface area (Å²) in [5.74, 6) is -0.626. The van der Waals surface area contributed by atoms with E-state index < -0.39 is 0 Å². The van der Waals surface area contributed by atoms with E-state index in [4.69, 9.17) is 0 Å². The molecule has 1 aliphatic rings. The minimum Gasteiger partial charge on any atom is -0.658 e. The first kappa shape index (κ1) is 21.9. The number of phenolic OH excluding ortho intramolecular Hbond substituents is 1. The molecule has 29 heavy (non-hydrogen) atoms. The zero-order chi connectivity index (χ0) is 20.3. The number of aryl methyl sites for hydroxylation is 1. The number of fused-ring (bicyclic) bond motifs is 3. The van der Waals surface area contributed by atoms with Crippen LogP contribution in [-0.2, 0) is 45.7 Å². The van der Waals surface area contributed by atoms with Crippen LogP contribution in [0.25, 0.3) is 27.3 Å². The Balaban J connectivity index is 0.00000240. The molecular formula is C21H21FN3O3Y-. The van der Waals surface area contributed by atoms with Gasteiger partial charge in [-0.15, -0.1) is 18.0 Å². The number of nitrogens with zero attached hydrogens (tertiary/aromatic N) is 2. The summed E-state index contributed by atoms with van der Waals surface area (Å²) in [6, 6.07) is 0. The number of H-pyrrole nitrogens is 1. The number of nitroso groups, excluding NO2 is 1. The number of hydrogen-bond donors (Lipinski definition) is 3. The standard InChI is InChI=1S/C21H21FN3O3.Y/c1-8-9(2)20(26)15(11(4)17(8)22)14-10(3)16-18(24-21(27)19(16)25-28)13-7-23-6-5-12(13)14;/h24,26-27H,5-7H2,1-4H3;/q-1;. The Morgan fingerprint density at radius 1 is 1.00 bits per heavy atom. The fourth-order valence-corrected chi connectivity index (χ4v) is 4.39. The molecule has 8 heteroatoms. The van der Waals surface area contributed by atoms with Gasteiger partial charge in [0.05, 0.1) is 5.52 Å². The predicted octanol–water partition coefficient (Wildman–Crippen LogP) is 5.44. The second-order valence-corrected chi connectivity index (χ2v) is 7.39. The Labute approximate surface area is 192 Å². The van der Waals surface area contributed by atoms with E-state index in [1.807, 2.05) is 0 Å². The summed E-state index contributed by atoms with van der Waals surface area (Å²) in [4.78, 5) is 14.2. The monoisotopic (exact) mass is 471 g/mol. The zero-order valence-electron chi connectivity index (χ0n) is 16.8. The van der Waals surface area contributed by atoms with Crippen molar-refractivity contribution in [3.05, 3.63) is 49.4 Å². The molecule has 0 aliphatic carbocycles. The average Bonchev–Trinajstić information content (AvgIpc) is 3.04. The molecule has 0 amide bonds. The van der Waals surface area contributed by atoms with E-state index in [-0.39, 0.29) is 55.8 Å². The molecule has 1 aromatic heterocycles. The van der Waals surface area contributed by atoms with Crippen LogP contribution in [-0.4, -0.2) is 21.7 Å². The van der Waals surface area contributed by atoms with Crippen LogP contribution in [0.2, 0.25) is 0 Å². The van der Waals surface area contributed by atoms with Crippen LogP contribution in [0.5, 0.6) is 11.6 Å². The minimum atomic E-state index is -0.357. The number of benzene rings is 2. The number of aromatic hydroxyl groups is 2. The molecule has 0 spiro atoms. The van der Waals surface area contributed by atoms with E-state index in [9.17, 15) is 19.5 Å². The molecule has 3 aromatic rings. The molecule has 4 rings (SSSR count). The molecule has 6 nitrogen and oxygen atoms in total. The number of nitrogens with one attached hydrogen (secondary N) is 1. The van der Waals surface area contributed by atoms with Gasteiger partial charge in [0, 0.05) is 43.7 Å². The molecule has 0 atom stereocenters. The van der Waals surface area contributed by atoms with E-state index in [1.165, 1.54) is 0 Å². The maximum absolute atomic E-state index is 14.9. The molecule has 0 fully saturated rings. The van der Waals surface area contributed by atoms with Crippen LogP contribution in [0.3, 0.4) is 0 Å². The molecule has 0 bridgehead atoms. The predicted molar refractivity (Wildman–Crippen MR) is 107 cm³/mol. The molecule has 2 aromatic carbocycles. The third-order valence-electron chi connectivity index (χ3n) is 5.99. The summed E-state index contributed by atoms with van der Waals surface area (Å²) in [6.07, 6.45) is 0.624. The van der Waals surface area contributed by atoms with Gasteiger partial charge in [-0.2, -0.15) is 0 Å². The minimum absolute atomic E-state index is 0. The molecule has 0 saturated carbocycles. The number of phenols is 1. The Morgan fingerprint density at radius 2 is 1.69 bits per heavy atom. The number of rotatable bonds is 2. The summed E-state index contributed by atoms with van der Waals surface area (Å²) in [6.45, 7) is 7.80. The van der Waals surface area contributed by atoms with Crippen molar-refractivity contribution in [1.82, 2.24) is 4.98 Å². The van der Waals surface area contributed by atoms with Gasteiger partial charge < -0.3 is 20.5 Å². The fourth-order valence-electron chi connectivity index (χ4n) is 4.39. The molecular weight excluding hydrogens is 450 g/mol. The Morgan fingerprint density at radius 3 is 2.34 bits per heavy atom. The average molecular weight is 471 g/mol. The first-order chi connectivity index (χ1) is 13.3. The van der Waals surface area contributed by atoms with Gasteiger partial charge in [0.1, 0.15) is 11.6 Å².